The van der Waals surface area contributed by atoms with Gasteiger partial charge in [0.05, 0.1) is 4.92 Å². The molecular weight excluding hydrogens is 168 g/mol. The highest BCUT2D eigenvalue weighted by molar-refractivity contribution is 5.54. The number of nitro groups is 1. The van der Waals surface area contributed by atoms with Gasteiger partial charge in [-0.25, -0.2) is 0 Å². The number of nitro benzene ring substituents is 1. The van der Waals surface area contributed by atoms with Crippen molar-refractivity contribution in [3.63, 3.8) is 0 Å². The molecule has 1 radical (unpaired) electrons. The zero-order chi connectivity index (χ0) is 9.84. The van der Waals surface area contributed by atoms with Crippen LogP contribution in [0.5, 0.6) is 0 Å². The number of hydrogen-bond donors (Lipinski definition) is 0. The topological polar surface area (TPSA) is 66.9 Å². The first-order valence-corrected chi connectivity index (χ1v) is 3.41. The Morgan fingerprint density at radius 1 is 1.54 bits per heavy atom. The summed E-state index contributed by atoms with van der Waals surface area (Å²) < 4.78 is 0. The van der Waals surface area contributed by atoms with Gasteiger partial charge < -0.3 is 0 Å². The molecule has 0 aliphatic heterocycles. The molecule has 13 heavy (non-hydrogen) atoms. The Hall–Kier alpha value is -2.15. The van der Waals surface area contributed by atoms with Gasteiger partial charge in [-0.1, -0.05) is 18.7 Å². The van der Waals surface area contributed by atoms with E-state index >= 15 is 0 Å². The molecule has 0 atom stereocenters. The number of hydrogen-bond acceptors (Lipinski definition) is 3. The van der Waals surface area contributed by atoms with Crippen LogP contribution < -0.4 is 0 Å². The molecule has 0 amide bonds. The lowest BCUT2D eigenvalue weighted by Gasteiger charge is -1.96. The predicted octanol–water partition coefficient (Wildman–Crippen LogP) is 1.80. The van der Waals surface area contributed by atoms with Crippen LogP contribution >= 0.6 is 0 Å². The Balaban J connectivity index is 3.46. The zero-order valence-electron chi connectivity index (χ0n) is 6.65. The van der Waals surface area contributed by atoms with E-state index in [0.29, 0.717) is 5.56 Å². The largest absolute Gasteiger partial charge is 0.287 e. The van der Waals surface area contributed by atoms with Gasteiger partial charge in [0, 0.05) is 11.6 Å². The van der Waals surface area contributed by atoms with Gasteiger partial charge in [-0.15, -0.1) is 0 Å². The Kier molecular flexibility index (Phi) is 2.41. The Labute approximate surface area is 74.9 Å². The first-order valence-electron chi connectivity index (χ1n) is 3.41. The van der Waals surface area contributed by atoms with Crippen LogP contribution in [0.25, 0.3) is 0 Å². The molecule has 0 saturated heterocycles. The second-order valence-electron chi connectivity index (χ2n) is 2.25. The summed E-state index contributed by atoms with van der Waals surface area (Å²) >= 11 is 0. The molecule has 0 unspecified atom stereocenters. The van der Waals surface area contributed by atoms with E-state index in [1.807, 2.05) is 0 Å². The predicted molar refractivity (Wildman–Crippen MR) is 45.8 cm³/mol. The van der Waals surface area contributed by atoms with Crippen molar-refractivity contribution in [2.75, 3.05) is 0 Å². The van der Waals surface area contributed by atoms with Gasteiger partial charge in [-0.2, -0.15) is 5.26 Å². The van der Waals surface area contributed by atoms with Crippen LogP contribution in [-0.2, 0) is 0 Å². The molecule has 4 nitrogen and oxygen atoms in total. The van der Waals surface area contributed by atoms with Crippen molar-refractivity contribution in [3.8, 4) is 6.07 Å². The maximum atomic E-state index is 10.5. The SMILES string of the molecule is C=[C]c1cccc([N+](=O)[O-])c1C#N. The van der Waals surface area contributed by atoms with Crippen LogP contribution in [-0.4, -0.2) is 4.92 Å². The molecule has 0 spiro atoms. The van der Waals surface area contributed by atoms with Crippen molar-refractivity contribution in [2.45, 2.75) is 0 Å². The van der Waals surface area contributed by atoms with E-state index in [1.165, 1.54) is 12.1 Å². The van der Waals surface area contributed by atoms with E-state index in [4.69, 9.17) is 5.26 Å². The third-order valence-corrected chi connectivity index (χ3v) is 1.54. The summed E-state index contributed by atoms with van der Waals surface area (Å²) in [4.78, 5) is 9.86. The number of benzene rings is 1. The normalized spacial score (nSPS) is 8.85. The van der Waals surface area contributed by atoms with Crippen LogP contribution in [0.2, 0.25) is 0 Å². The average Bonchev–Trinajstić information content (AvgIpc) is 2.16. The molecule has 0 saturated carbocycles. The standard InChI is InChI=1S/C9H5N2O2/c1-2-7-4-3-5-9(11(12)13)8(7)6-10/h3-5H,1H2. The van der Waals surface area contributed by atoms with Crippen molar-refractivity contribution >= 4 is 5.69 Å². The molecule has 0 aromatic heterocycles. The van der Waals surface area contributed by atoms with E-state index in [1.54, 1.807) is 12.1 Å². The second-order valence-corrected chi connectivity index (χ2v) is 2.25. The van der Waals surface area contributed by atoms with Gasteiger partial charge in [0.1, 0.15) is 11.6 Å². The summed E-state index contributed by atoms with van der Waals surface area (Å²) in [6.07, 6.45) is 2.46. The van der Waals surface area contributed by atoms with E-state index < -0.39 is 4.92 Å². The first-order chi connectivity index (χ1) is 6.20. The average molecular weight is 173 g/mol. The summed E-state index contributed by atoms with van der Waals surface area (Å²) in [7, 11) is 0. The van der Waals surface area contributed by atoms with Gasteiger partial charge in [0.15, 0.2) is 0 Å². The fraction of sp³-hybridized carbons (Fsp3) is 0. The molecule has 63 valence electrons. The molecule has 0 bridgehead atoms. The quantitative estimate of drug-likeness (QED) is 0.505. The Morgan fingerprint density at radius 3 is 2.69 bits per heavy atom. The second kappa shape index (κ2) is 3.50. The minimum atomic E-state index is -0.598. The van der Waals surface area contributed by atoms with Crippen molar-refractivity contribution in [2.24, 2.45) is 0 Å². The van der Waals surface area contributed by atoms with Crippen molar-refractivity contribution in [1.82, 2.24) is 0 Å². The van der Waals surface area contributed by atoms with Crippen LogP contribution in [0.15, 0.2) is 24.8 Å². The lowest BCUT2D eigenvalue weighted by atomic mass is 10.1. The summed E-state index contributed by atoms with van der Waals surface area (Å²) in [6, 6.07) is 6.08. The summed E-state index contributed by atoms with van der Waals surface area (Å²) in [6.45, 7) is 3.34. The van der Waals surface area contributed by atoms with Gasteiger partial charge in [-0.3, -0.25) is 10.1 Å². The fourth-order valence-electron chi connectivity index (χ4n) is 0.957. The third-order valence-electron chi connectivity index (χ3n) is 1.54. The molecule has 4 heteroatoms. The van der Waals surface area contributed by atoms with Crippen LogP contribution in [0.1, 0.15) is 11.1 Å². The highest BCUT2D eigenvalue weighted by Crippen LogP contribution is 2.20. The van der Waals surface area contributed by atoms with E-state index in [2.05, 4.69) is 12.7 Å². The molecule has 0 heterocycles. The summed E-state index contributed by atoms with van der Waals surface area (Å²) in [5.41, 5.74) is 0.148. The van der Waals surface area contributed by atoms with Crippen LogP contribution in [0.4, 0.5) is 5.69 Å². The van der Waals surface area contributed by atoms with Crippen molar-refractivity contribution in [3.05, 3.63) is 52.1 Å². The van der Waals surface area contributed by atoms with Crippen LogP contribution in [0.3, 0.4) is 0 Å². The van der Waals surface area contributed by atoms with Crippen molar-refractivity contribution < 1.29 is 4.92 Å². The molecule has 0 aliphatic rings. The van der Waals surface area contributed by atoms with E-state index in [9.17, 15) is 10.1 Å². The van der Waals surface area contributed by atoms with Crippen molar-refractivity contribution in [1.29, 1.82) is 5.26 Å². The molecule has 0 aliphatic carbocycles. The smallest absolute Gasteiger partial charge is 0.258 e. The van der Waals surface area contributed by atoms with E-state index in [-0.39, 0.29) is 11.3 Å². The third kappa shape index (κ3) is 1.54. The van der Waals surface area contributed by atoms with E-state index in [0.717, 1.165) is 0 Å². The molecule has 1 aromatic carbocycles. The minimum absolute atomic E-state index is 0.00231. The Morgan fingerprint density at radius 2 is 2.23 bits per heavy atom. The highest BCUT2D eigenvalue weighted by Gasteiger charge is 2.14. The molecule has 0 fully saturated rings. The van der Waals surface area contributed by atoms with Gasteiger partial charge in [-0.05, 0) is 6.08 Å². The van der Waals surface area contributed by atoms with Gasteiger partial charge in [0.25, 0.3) is 5.69 Å². The first kappa shape index (κ1) is 8.94. The summed E-state index contributed by atoms with van der Waals surface area (Å²) in [5.74, 6) is 0. The molecular formula is C9H5N2O2. The maximum Gasteiger partial charge on any atom is 0.287 e. The number of rotatable bonds is 2. The lowest BCUT2D eigenvalue weighted by molar-refractivity contribution is -0.385. The number of nitrogens with zero attached hydrogens (tertiary/aromatic N) is 2. The molecule has 1 aromatic rings. The van der Waals surface area contributed by atoms with Crippen LogP contribution in [0, 0.1) is 27.5 Å². The highest BCUT2D eigenvalue weighted by atomic mass is 16.6. The Bertz CT molecular complexity index is 405. The molecule has 1 rings (SSSR count). The van der Waals surface area contributed by atoms with Gasteiger partial charge in [0.2, 0.25) is 0 Å². The molecule has 0 N–H and O–H groups in total. The lowest BCUT2D eigenvalue weighted by Crippen LogP contribution is -1.94. The van der Waals surface area contributed by atoms with Gasteiger partial charge >= 0.3 is 0 Å². The zero-order valence-corrected chi connectivity index (χ0v) is 6.65. The number of nitriles is 1. The monoisotopic (exact) mass is 173 g/mol. The maximum absolute atomic E-state index is 10.5. The fourth-order valence-corrected chi connectivity index (χ4v) is 0.957. The minimum Gasteiger partial charge on any atom is -0.258 e. The summed E-state index contributed by atoms with van der Waals surface area (Å²) in [5, 5.41) is 19.1.